The molecule has 0 saturated carbocycles. The molecule has 20 aromatic rings. The monoisotopic (exact) mass is 1250 g/mol. The van der Waals surface area contributed by atoms with Gasteiger partial charge in [0.05, 0.1) is 38.8 Å². The molecule has 15 aromatic carbocycles. The van der Waals surface area contributed by atoms with E-state index >= 15 is 0 Å². The number of benzene rings is 15. The van der Waals surface area contributed by atoms with Crippen molar-refractivity contribution in [3.63, 3.8) is 0 Å². The molecule has 22 rings (SSSR count). The van der Waals surface area contributed by atoms with Gasteiger partial charge in [-0.3, -0.25) is 0 Å². The Hall–Kier alpha value is -13.0. The van der Waals surface area contributed by atoms with Crippen molar-refractivity contribution in [2.24, 2.45) is 0 Å². The first kappa shape index (κ1) is 53.3. The van der Waals surface area contributed by atoms with Gasteiger partial charge in [-0.1, -0.05) is 206 Å². The second-order valence-electron chi connectivity index (χ2n) is 26.2. The SMILES string of the molecule is c1ccc(-c2cc3c(c4oc5ccccc5c24)B2c4c(cc(-n5c6ccccc6c6ccccc65)cc4N(c4ccc(-n5c6ccccc6c6ccccc65)cc4)c4cc(-c5ccccc5)c5c(oc6ccccc65)c42)N3c2ccc(-n3c4ccccc4c4ccccc43)cc2)cc1. The number of hydrogen-bond acceptors (Lipinski definition) is 4. The lowest BCUT2D eigenvalue weighted by molar-refractivity contribution is 0.671. The van der Waals surface area contributed by atoms with E-state index in [1.807, 2.05) is 0 Å². The zero-order valence-corrected chi connectivity index (χ0v) is 52.8. The van der Waals surface area contributed by atoms with Crippen molar-refractivity contribution in [1.82, 2.24) is 13.7 Å². The molecule has 0 amide bonds. The number of hydrogen-bond donors (Lipinski definition) is 0. The van der Waals surface area contributed by atoms with Crippen molar-refractivity contribution in [2.75, 3.05) is 9.80 Å². The lowest BCUT2D eigenvalue weighted by Gasteiger charge is -2.44. The average molecular weight is 1250 g/mol. The highest BCUT2D eigenvalue weighted by Crippen LogP contribution is 2.53. The first-order chi connectivity index (χ1) is 48.7. The third-order valence-corrected chi connectivity index (χ3v) is 21.2. The topological polar surface area (TPSA) is 47.6 Å². The molecule has 0 atom stereocenters. The molecular weight excluding hydrogens is 1190 g/mol. The van der Waals surface area contributed by atoms with Crippen LogP contribution in [0.5, 0.6) is 0 Å². The van der Waals surface area contributed by atoms with Gasteiger partial charge < -0.3 is 32.3 Å². The van der Waals surface area contributed by atoms with Crippen LogP contribution in [0.4, 0.5) is 34.1 Å². The van der Waals surface area contributed by atoms with Crippen molar-refractivity contribution in [3.8, 4) is 39.3 Å². The van der Waals surface area contributed by atoms with Crippen molar-refractivity contribution >= 4 is 167 Å². The summed E-state index contributed by atoms with van der Waals surface area (Å²) < 4.78 is 22.6. The minimum absolute atomic E-state index is 0.445. The maximum absolute atomic E-state index is 7.66. The molecule has 0 N–H and O–H groups in total. The number of furan rings is 2. The van der Waals surface area contributed by atoms with Crippen LogP contribution in [0.3, 0.4) is 0 Å². The van der Waals surface area contributed by atoms with Crippen LogP contribution in [0.25, 0.3) is 149 Å². The molecule has 0 saturated heterocycles. The summed E-state index contributed by atoms with van der Waals surface area (Å²) in [7, 11) is 0. The predicted molar refractivity (Wildman–Crippen MR) is 409 cm³/mol. The maximum atomic E-state index is 7.66. The fraction of sp³-hybridized carbons (Fsp3) is 0. The van der Waals surface area contributed by atoms with E-state index in [1.54, 1.807) is 0 Å². The molecule has 7 nitrogen and oxygen atoms in total. The summed E-state index contributed by atoms with van der Waals surface area (Å²) in [4.78, 5) is 5.11. The molecule has 0 fully saturated rings. The number of anilines is 6. The molecule has 98 heavy (non-hydrogen) atoms. The van der Waals surface area contributed by atoms with Gasteiger partial charge >= 0.3 is 0 Å². The minimum atomic E-state index is -0.445. The largest absolute Gasteiger partial charge is 0.456 e. The van der Waals surface area contributed by atoms with Gasteiger partial charge in [-0.25, -0.2) is 0 Å². The summed E-state index contributed by atoms with van der Waals surface area (Å²) in [6.45, 7) is -0.445. The Balaban J connectivity index is 0.906. The van der Waals surface area contributed by atoms with E-state index in [2.05, 4.69) is 351 Å². The van der Waals surface area contributed by atoms with E-state index in [4.69, 9.17) is 8.83 Å². The smallest absolute Gasteiger partial charge is 0.261 e. The Bertz CT molecular complexity index is 6250. The fourth-order valence-corrected chi connectivity index (χ4v) is 17.2. The first-order valence-electron chi connectivity index (χ1n) is 33.7. The maximum Gasteiger partial charge on any atom is 0.261 e. The zero-order chi connectivity index (χ0) is 63.8. The molecule has 0 spiro atoms. The molecule has 7 heterocycles. The molecular formula is C90H54BN5O2. The normalized spacial score (nSPS) is 12.8. The quantitative estimate of drug-likeness (QED) is 0.149. The highest BCUT2D eigenvalue weighted by atomic mass is 16.3. The Morgan fingerprint density at radius 3 is 0.847 bits per heavy atom. The van der Waals surface area contributed by atoms with Gasteiger partial charge in [0.15, 0.2) is 0 Å². The third-order valence-electron chi connectivity index (χ3n) is 21.2. The Morgan fingerprint density at radius 1 is 0.224 bits per heavy atom. The Kier molecular flexibility index (Phi) is 11.0. The van der Waals surface area contributed by atoms with Gasteiger partial charge in [0.2, 0.25) is 0 Å². The molecule has 0 unspecified atom stereocenters. The van der Waals surface area contributed by atoms with Crippen molar-refractivity contribution in [3.05, 3.63) is 328 Å². The van der Waals surface area contributed by atoms with E-state index in [1.165, 1.54) is 32.3 Å². The fourth-order valence-electron chi connectivity index (χ4n) is 17.2. The summed E-state index contributed by atoms with van der Waals surface area (Å²) in [6.07, 6.45) is 0. The van der Waals surface area contributed by atoms with E-state index in [9.17, 15) is 0 Å². The van der Waals surface area contributed by atoms with Crippen LogP contribution in [-0.2, 0) is 0 Å². The Morgan fingerprint density at radius 2 is 0.500 bits per heavy atom. The number of rotatable bonds is 7. The van der Waals surface area contributed by atoms with E-state index in [-0.39, 0.29) is 0 Å². The van der Waals surface area contributed by atoms with Crippen LogP contribution in [0.2, 0.25) is 0 Å². The van der Waals surface area contributed by atoms with E-state index < -0.39 is 6.71 Å². The number of aromatic nitrogens is 3. The number of nitrogens with zero attached hydrogens (tertiary/aromatic N) is 5. The zero-order valence-electron chi connectivity index (χ0n) is 52.8. The summed E-state index contributed by atoms with van der Waals surface area (Å²) in [5, 5.41) is 11.6. The Labute approximate surface area is 562 Å². The van der Waals surface area contributed by atoms with Crippen molar-refractivity contribution < 1.29 is 8.83 Å². The van der Waals surface area contributed by atoms with Gasteiger partial charge in [0, 0.05) is 99.4 Å². The van der Waals surface area contributed by atoms with Crippen molar-refractivity contribution in [2.45, 2.75) is 0 Å². The molecule has 2 aliphatic rings. The van der Waals surface area contributed by atoms with Gasteiger partial charge in [0.1, 0.15) is 22.3 Å². The predicted octanol–water partition coefficient (Wildman–Crippen LogP) is 22.2. The second kappa shape index (κ2) is 20.2. The van der Waals surface area contributed by atoms with Crippen LogP contribution >= 0.6 is 0 Å². The first-order valence-corrected chi connectivity index (χ1v) is 33.7. The van der Waals surface area contributed by atoms with Crippen LogP contribution in [0.15, 0.2) is 336 Å². The van der Waals surface area contributed by atoms with Gasteiger partial charge in [-0.15, -0.1) is 0 Å². The molecule has 0 radical (unpaired) electrons. The lowest BCUT2D eigenvalue weighted by Crippen LogP contribution is -2.61. The minimum Gasteiger partial charge on any atom is -0.456 e. The lowest BCUT2D eigenvalue weighted by atomic mass is 9.33. The number of fused-ring (bicyclic) bond motifs is 21. The summed E-state index contributed by atoms with van der Waals surface area (Å²) in [5.74, 6) is 0. The second-order valence-corrected chi connectivity index (χ2v) is 26.2. The van der Waals surface area contributed by atoms with Gasteiger partial charge in [-0.2, -0.15) is 0 Å². The van der Waals surface area contributed by atoms with Crippen LogP contribution in [0, 0.1) is 0 Å². The number of para-hydroxylation sites is 8. The third kappa shape index (κ3) is 7.37. The highest BCUT2D eigenvalue weighted by molar-refractivity contribution is 7.03. The molecule has 454 valence electrons. The summed E-state index contributed by atoms with van der Waals surface area (Å²) in [5.41, 5.74) is 27.2. The summed E-state index contributed by atoms with van der Waals surface area (Å²) in [6, 6.07) is 120. The summed E-state index contributed by atoms with van der Waals surface area (Å²) >= 11 is 0. The molecule has 0 bridgehead atoms. The molecule has 5 aromatic heterocycles. The standard InChI is InChI=1S/C90H54BN5O2/c1-3-23-55(24-4-1)70-53-80-87(89-84(70)68-33-13-21-41-82(68)97-89)91-86-78(94(80)59-47-43-57(44-48-59)92-72-35-15-7-27-62(72)63-28-8-16-36-73(63)92)51-61(96-76-39-19-11-31-66(76)67-32-12-20-40-77(67)96)52-79(86)95(60-49-45-58(46-50-60)93-74-37-17-9-29-64(74)65-30-10-18-38-75(65)93)81-54-71(56-25-5-2-6-26-56)85-69-34-14-22-42-83(69)98-90(85)88(81)91/h1-54H. The van der Waals surface area contributed by atoms with Gasteiger partial charge in [0.25, 0.3) is 6.71 Å². The molecule has 0 aliphatic carbocycles. The molecule has 8 heteroatoms. The van der Waals surface area contributed by atoms with Gasteiger partial charge in [-0.05, 0) is 160 Å². The van der Waals surface area contributed by atoms with Crippen LogP contribution in [0.1, 0.15) is 0 Å². The van der Waals surface area contributed by atoms with E-state index in [0.717, 1.165) is 167 Å². The average Bonchev–Trinajstić information content (AvgIpc) is 1.21. The van der Waals surface area contributed by atoms with E-state index in [0.29, 0.717) is 0 Å². The molecule has 2 aliphatic heterocycles. The van der Waals surface area contributed by atoms with Crippen LogP contribution < -0.4 is 26.2 Å². The van der Waals surface area contributed by atoms with Crippen molar-refractivity contribution in [1.29, 1.82) is 0 Å². The highest BCUT2D eigenvalue weighted by Gasteiger charge is 2.48. The van der Waals surface area contributed by atoms with Crippen LogP contribution in [-0.4, -0.2) is 20.4 Å².